The largest absolute Gasteiger partial charge is 0.508 e. The number of carbonyl (C=O) groups is 2. The minimum Gasteiger partial charge on any atom is -0.508 e. The molecule has 4 aromatic rings. The van der Waals surface area contributed by atoms with Crippen molar-refractivity contribution >= 4 is 44.5 Å². The first-order valence-corrected chi connectivity index (χ1v) is 7.55. The summed E-state index contributed by atoms with van der Waals surface area (Å²) in [5.74, 6) is -1.49. The molecule has 2 N–H and O–H groups in total. The summed E-state index contributed by atoms with van der Waals surface area (Å²) < 4.78 is 13.8. The Balaban J connectivity index is 2.15. The summed E-state index contributed by atoms with van der Waals surface area (Å²) in [4.78, 5) is 33.6. The van der Waals surface area contributed by atoms with E-state index in [9.17, 15) is 19.1 Å². The molecule has 0 aliphatic carbocycles. The fraction of sp³-hybridized carbons (Fsp3) is 0.0556. The number of imide groups is 1. The lowest BCUT2D eigenvalue weighted by atomic mass is 9.97. The van der Waals surface area contributed by atoms with E-state index in [2.05, 4.69) is 9.97 Å². The van der Waals surface area contributed by atoms with Gasteiger partial charge >= 0.3 is 0 Å². The number of rotatable bonds is 0. The van der Waals surface area contributed by atoms with Crippen LogP contribution < -0.4 is 0 Å². The molecule has 2 amide bonds. The van der Waals surface area contributed by atoms with Crippen molar-refractivity contribution in [2.45, 2.75) is 0 Å². The molecule has 0 atom stereocenters. The second-order valence-corrected chi connectivity index (χ2v) is 6.07. The first-order chi connectivity index (χ1) is 12.0. The SMILES string of the molecule is CN1C(=O)c2c(c3c4cc(O)ccc4[nH]c3c3ncc(F)cc23)C1=O. The molecule has 7 heteroatoms. The Hall–Kier alpha value is -3.48. The molecule has 2 aromatic heterocycles. The molecule has 0 spiro atoms. The van der Waals surface area contributed by atoms with Crippen molar-refractivity contribution in [3.05, 3.63) is 47.4 Å². The number of phenolic OH excluding ortho intramolecular Hbond substituents is 1. The van der Waals surface area contributed by atoms with E-state index in [1.165, 1.54) is 25.2 Å². The summed E-state index contributed by atoms with van der Waals surface area (Å²) in [7, 11) is 1.39. The highest BCUT2D eigenvalue weighted by Gasteiger charge is 2.38. The number of pyridine rings is 1. The Morgan fingerprint density at radius 3 is 2.68 bits per heavy atom. The number of hydrogen-bond acceptors (Lipinski definition) is 4. The number of aromatic amines is 1. The zero-order valence-electron chi connectivity index (χ0n) is 12.9. The van der Waals surface area contributed by atoms with E-state index in [1.54, 1.807) is 6.07 Å². The van der Waals surface area contributed by atoms with Crippen LogP contribution in [0.1, 0.15) is 20.7 Å². The van der Waals surface area contributed by atoms with Gasteiger partial charge in [0.25, 0.3) is 11.8 Å². The Morgan fingerprint density at radius 2 is 1.88 bits per heavy atom. The topological polar surface area (TPSA) is 86.3 Å². The molecule has 5 rings (SSSR count). The zero-order chi connectivity index (χ0) is 17.5. The molecular formula is C18H10FN3O3. The predicted octanol–water partition coefficient (Wildman–Crippen LogP) is 2.94. The number of halogens is 1. The fourth-order valence-electron chi connectivity index (χ4n) is 3.57. The maximum Gasteiger partial charge on any atom is 0.262 e. The van der Waals surface area contributed by atoms with Gasteiger partial charge in [-0.1, -0.05) is 0 Å². The zero-order valence-corrected chi connectivity index (χ0v) is 12.9. The van der Waals surface area contributed by atoms with Crippen LogP contribution in [0, 0.1) is 5.82 Å². The van der Waals surface area contributed by atoms with E-state index in [0.29, 0.717) is 32.7 Å². The lowest BCUT2D eigenvalue weighted by molar-refractivity contribution is 0.0694. The van der Waals surface area contributed by atoms with Crippen LogP contribution in [0.3, 0.4) is 0 Å². The van der Waals surface area contributed by atoms with E-state index < -0.39 is 17.6 Å². The fourth-order valence-corrected chi connectivity index (χ4v) is 3.57. The number of nitrogens with one attached hydrogen (secondary N) is 1. The van der Waals surface area contributed by atoms with Gasteiger partial charge in [0.15, 0.2) is 0 Å². The van der Waals surface area contributed by atoms with E-state index in [-0.39, 0.29) is 16.9 Å². The second kappa shape index (κ2) is 4.32. The van der Waals surface area contributed by atoms with E-state index in [0.717, 1.165) is 11.1 Å². The van der Waals surface area contributed by atoms with Crippen LogP contribution in [0.25, 0.3) is 32.7 Å². The monoisotopic (exact) mass is 335 g/mol. The van der Waals surface area contributed by atoms with Crippen molar-refractivity contribution < 1.29 is 19.1 Å². The van der Waals surface area contributed by atoms with Crippen molar-refractivity contribution in [1.29, 1.82) is 0 Å². The van der Waals surface area contributed by atoms with Crippen LogP contribution in [0.5, 0.6) is 5.75 Å². The normalized spacial score (nSPS) is 14.2. The number of phenols is 1. The van der Waals surface area contributed by atoms with Gasteiger partial charge in [-0.3, -0.25) is 19.5 Å². The van der Waals surface area contributed by atoms with Gasteiger partial charge in [-0.2, -0.15) is 0 Å². The van der Waals surface area contributed by atoms with Gasteiger partial charge in [0.2, 0.25) is 0 Å². The summed E-state index contributed by atoms with van der Waals surface area (Å²) in [6.07, 6.45) is 1.07. The van der Waals surface area contributed by atoms with Crippen molar-refractivity contribution in [2.24, 2.45) is 0 Å². The van der Waals surface area contributed by atoms with Crippen molar-refractivity contribution in [3.63, 3.8) is 0 Å². The Kier molecular flexibility index (Phi) is 2.41. The lowest BCUT2D eigenvalue weighted by Gasteiger charge is -2.05. The summed E-state index contributed by atoms with van der Waals surface area (Å²) in [5.41, 5.74) is 1.97. The van der Waals surface area contributed by atoms with Crippen LogP contribution in [-0.2, 0) is 0 Å². The number of fused-ring (bicyclic) bond motifs is 8. The van der Waals surface area contributed by atoms with Gasteiger partial charge in [-0.25, -0.2) is 4.39 Å². The van der Waals surface area contributed by atoms with Crippen molar-refractivity contribution in [1.82, 2.24) is 14.9 Å². The highest BCUT2D eigenvalue weighted by molar-refractivity contribution is 6.36. The average Bonchev–Trinajstić information content (AvgIpc) is 3.06. The van der Waals surface area contributed by atoms with E-state index >= 15 is 0 Å². The first-order valence-electron chi connectivity index (χ1n) is 7.55. The number of benzene rings is 2. The van der Waals surface area contributed by atoms with Crippen molar-refractivity contribution in [2.75, 3.05) is 7.05 Å². The van der Waals surface area contributed by atoms with Crippen LogP contribution in [-0.4, -0.2) is 38.8 Å². The third-order valence-electron chi connectivity index (χ3n) is 4.68. The van der Waals surface area contributed by atoms with Gasteiger partial charge in [0.1, 0.15) is 11.6 Å². The number of aromatic hydroxyl groups is 1. The molecule has 6 nitrogen and oxygen atoms in total. The van der Waals surface area contributed by atoms with Crippen molar-refractivity contribution in [3.8, 4) is 5.75 Å². The molecule has 1 aliphatic rings. The van der Waals surface area contributed by atoms with Crippen LogP contribution in [0.2, 0.25) is 0 Å². The standard InChI is InChI=1S/C18H10FN3O3/c1-22-17(24)13-10-4-7(19)6-20-15(10)16-12(14(13)18(22)25)9-5-8(23)2-3-11(9)21-16/h2-6,21,23H,1H3. The minimum atomic E-state index is -0.586. The van der Waals surface area contributed by atoms with Gasteiger partial charge in [0, 0.05) is 28.7 Å². The molecular weight excluding hydrogens is 325 g/mol. The van der Waals surface area contributed by atoms with Gasteiger partial charge in [-0.15, -0.1) is 0 Å². The molecule has 0 saturated carbocycles. The number of amides is 2. The molecule has 0 fully saturated rings. The van der Waals surface area contributed by atoms with E-state index in [4.69, 9.17) is 0 Å². The van der Waals surface area contributed by atoms with Crippen LogP contribution in [0.4, 0.5) is 4.39 Å². The second-order valence-electron chi connectivity index (χ2n) is 6.07. The molecule has 0 radical (unpaired) electrons. The molecule has 2 aromatic carbocycles. The average molecular weight is 335 g/mol. The third kappa shape index (κ3) is 1.59. The molecule has 0 unspecified atom stereocenters. The highest BCUT2D eigenvalue weighted by Crippen LogP contribution is 2.41. The molecule has 0 bridgehead atoms. The summed E-state index contributed by atoms with van der Waals surface area (Å²) in [6, 6.07) is 5.94. The number of H-pyrrole nitrogens is 1. The molecule has 3 heterocycles. The number of carbonyl (C=O) groups excluding carboxylic acids is 2. The molecule has 122 valence electrons. The number of aromatic nitrogens is 2. The molecule has 0 saturated heterocycles. The third-order valence-corrected chi connectivity index (χ3v) is 4.68. The summed E-state index contributed by atoms with van der Waals surface area (Å²) in [6.45, 7) is 0. The Labute approximate surface area is 139 Å². The van der Waals surface area contributed by atoms with Crippen LogP contribution >= 0.6 is 0 Å². The predicted molar refractivity (Wildman–Crippen MR) is 89.2 cm³/mol. The molecule has 1 aliphatic heterocycles. The number of hydrogen-bond donors (Lipinski definition) is 2. The maximum atomic E-state index is 13.8. The summed E-state index contributed by atoms with van der Waals surface area (Å²) >= 11 is 0. The van der Waals surface area contributed by atoms with Crippen LogP contribution in [0.15, 0.2) is 30.5 Å². The summed E-state index contributed by atoms with van der Waals surface area (Å²) in [5, 5.41) is 11.2. The van der Waals surface area contributed by atoms with Gasteiger partial charge in [-0.05, 0) is 24.3 Å². The molecule has 25 heavy (non-hydrogen) atoms. The smallest absolute Gasteiger partial charge is 0.262 e. The van der Waals surface area contributed by atoms with E-state index in [1.807, 2.05) is 0 Å². The number of nitrogens with zero attached hydrogens (tertiary/aromatic N) is 2. The van der Waals surface area contributed by atoms with Gasteiger partial charge in [0.05, 0.1) is 28.4 Å². The van der Waals surface area contributed by atoms with Gasteiger partial charge < -0.3 is 10.1 Å². The highest BCUT2D eigenvalue weighted by atomic mass is 19.1. The maximum absolute atomic E-state index is 13.8. The lowest BCUT2D eigenvalue weighted by Crippen LogP contribution is -2.24. The Morgan fingerprint density at radius 1 is 1.12 bits per heavy atom. The minimum absolute atomic E-state index is 0.0411. The first kappa shape index (κ1) is 13.9. The Bertz CT molecular complexity index is 1280. The quantitative estimate of drug-likeness (QED) is 0.484.